The van der Waals surface area contributed by atoms with Gasteiger partial charge in [0.15, 0.2) is 0 Å². The van der Waals surface area contributed by atoms with Crippen LogP contribution in [-0.4, -0.2) is 23.6 Å². The van der Waals surface area contributed by atoms with Crippen LogP contribution in [0.3, 0.4) is 0 Å². The van der Waals surface area contributed by atoms with Gasteiger partial charge < -0.3 is 15.6 Å². The minimum atomic E-state index is -0.0533. The van der Waals surface area contributed by atoms with Crippen molar-refractivity contribution in [2.45, 2.75) is 26.3 Å². The smallest absolute Gasteiger partial charge is 0.224 e. The molecule has 0 aliphatic heterocycles. The van der Waals surface area contributed by atoms with Crippen LogP contribution in [-0.2, 0) is 11.3 Å². The maximum atomic E-state index is 11.8. The highest BCUT2D eigenvalue weighted by molar-refractivity contribution is 5.80. The van der Waals surface area contributed by atoms with E-state index < -0.39 is 0 Å². The largest absolute Gasteiger partial charge is 0.356 e. The number of nitrogens with one attached hydrogen (secondary N) is 1. The summed E-state index contributed by atoms with van der Waals surface area (Å²) in [5, 5.41) is 4.22. The standard InChI is InChI=1S/C16H23N3O/c1-2-13(12-17)16(20)18-9-5-10-19-11-8-14-6-3-4-7-15(14)19/h3-4,6-8,11,13H,2,5,9-10,12,17H2,1H3,(H,18,20). The van der Waals surface area contributed by atoms with Gasteiger partial charge in [0.2, 0.25) is 5.91 Å². The van der Waals surface area contributed by atoms with E-state index in [0.717, 1.165) is 19.4 Å². The van der Waals surface area contributed by atoms with E-state index in [1.165, 1.54) is 10.9 Å². The first-order chi connectivity index (χ1) is 9.76. The number of amides is 1. The molecule has 2 aromatic rings. The summed E-state index contributed by atoms with van der Waals surface area (Å²) in [7, 11) is 0. The van der Waals surface area contributed by atoms with Crippen molar-refractivity contribution in [2.75, 3.05) is 13.1 Å². The first-order valence-electron chi connectivity index (χ1n) is 7.28. The van der Waals surface area contributed by atoms with E-state index in [9.17, 15) is 4.79 Å². The van der Waals surface area contributed by atoms with Crippen molar-refractivity contribution in [1.29, 1.82) is 0 Å². The van der Waals surface area contributed by atoms with E-state index >= 15 is 0 Å². The molecule has 1 atom stereocenters. The topological polar surface area (TPSA) is 60.1 Å². The second kappa shape index (κ2) is 7.10. The van der Waals surface area contributed by atoms with Gasteiger partial charge in [-0.25, -0.2) is 0 Å². The number of nitrogens with zero attached hydrogens (tertiary/aromatic N) is 1. The van der Waals surface area contributed by atoms with Gasteiger partial charge in [0.05, 0.1) is 0 Å². The molecule has 0 radical (unpaired) electrons. The predicted molar refractivity (Wildman–Crippen MR) is 82.4 cm³/mol. The lowest BCUT2D eigenvalue weighted by atomic mass is 10.1. The van der Waals surface area contributed by atoms with Crippen LogP contribution in [0.2, 0.25) is 0 Å². The molecule has 0 aliphatic carbocycles. The summed E-state index contributed by atoms with van der Waals surface area (Å²) in [4.78, 5) is 11.8. The fourth-order valence-electron chi connectivity index (χ4n) is 2.40. The first-order valence-corrected chi connectivity index (χ1v) is 7.28. The number of hydrogen-bond acceptors (Lipinski definition) is 2. The molecule has 1 aromatic carbocycles. The number of para-hydroxylation sites is 1. The number of fused-ring (bicyclic) bond motifs is 1. The SMILES string of the molecule is CCC(CN)C(=O)NCCCn1ccc2ccccc21. The Morgan fingerprint density at radius 2 is 2.15 bits per heavy atom. The molecule has 108 valence electrons. The first kappa shape index (κ1) is 14.6. The summed E-state index contributed by atoms with van der Waals surface area (Å²) in [5.41, 5.74) is 6.81. The molecular weight excluding hydrogens is 250 g/mol. The zero-order valence-corrected chi connectivity index (χ0v) is 12.0. The minimum Gasteiger partial charge on any atom is -0.356 e. The van der Waals surface area contributed by atoms with Crippen molar-refractivity contribution in [2.24, 2.45) is 11.7 Å². The molecule has 0 saturated heterocycles. The van der Waals surface area contributed by atoms with Crippen LogP contribution in [0.1, 0.15) is 19.8 Å². The number of benzene rings is 1. The van der Waals surface area contributed by atoms with E-state index in [2.05, 4.69) is 34.3 Å². The van der Waals surface area contributed by atoms with Crippen molar-refractivity contribution >= 4 is 16.8 Å². The fraction of sp³-hybridized carbons (Fsp3) is 0.438. The van der Waals surface area contributed by atoms with Crippen molar-refractivity contribution in [3.05, 3.63) is 36.5 Å². The zero-order chi connectivity index (χ0) is 14.4. The molecule has 1 heterocycles. The Morgan fingerprint density at radius 3 is 2.90 bits per heavy atom. The Balaban J connectivity index is 1.80. The Morgan fingerprint density at radius 1 is 1.35 bits per heavy atom. The summed E-state index contributed by atoms with van der Waals surface area (Å²) in [6, 6.07) is 10.4. The van der Waals surface area contributed by atoms with E-state index in [0.29, 0.717) is 13.1 Å². The molecule has 1 amide bonds. The average Bonchev–Trinajstić information content (AvgIpc) is 2.88. The van der Waals surface area contributed by atoms with Gasteiger partial charge in [-0.15, -0.1) is 0 Å². The van der Waals surface area contributed by atoms with E-state index in [1.807, 2.05) is 19.1 Å². The minimum absolute atomic E-state index is 0.0533. The number of carbonyl (C=O) groups is 1. The normalized spacial score (nSPS) is 12.5. The molecule has 0 bridgehead atoms. The molecule has 0 aliphatic rings. The van der Waals surface area contributed by atoms with Crippen LogP contribution in [0.15, 0.2) is 36.5 Å². The molecule has 3 N–H and O–H groups in total. The Bertz CT molecular complexity index is 558. The highest BCUT2D eigenvalue weighted by Crippen LogP contribution is 2.15. The molecule has 0 saturated carbocycles. The van der Waals surface area contributed by atoms with Crippen LogP contribution in [0, 0.1) is 5.92 Å². The molecule has 0 fully saturated rings. The van der Waals surface area contributed by atoms with Crippen molar-refractivity contribution < 1.29 is 4.79 Å². The van der Waals surface area contributed by atoms with Gasteiger partial charge >= 0.3 is 0 Å². The lowest BCUT2D eigenvalue weighted by Gasteiger charge is -2.12. The third kappa shape index (κ3) is 3.39. The number of rotatable bonds is 7. The fourth-order valence-corrected chi connectivity index (χ4v) is 2.40. The van der Waals surface area contributed by atoms with Crippen LogP contribution in [0.5, 0.6) is 0 Å². The molecular formula is C16H23N3O. The zero-order valence-electron chi connectivity index (χ0n) is 12.0. The van der Waals surface area contributed by atoms with Crippen LogP contribution in [0.4, 0.5) is 0 Å². The number of aryl methyl sites for hydroxylation is 1. The highest BCUT2D eigenvalue weighted by Gasteiger charge is 2.13. The van der Waals surface area contributed by atoms with Crippen molar-refractivity contribution in [3.8, 4) is 0 Å². The summed E-state index contributed by atoms with van der Waals surface area (Å²) in [6.45, 7) is 4.02. The number of hydrogen-bond donors (Lipinski definition) is 2. The molecule has 1 unspecified atom stereocenters. The van der Waals surface area contributed by atoms with Gasteiger partial charge in [-0.3, -0.25) is 4.79 Å². The molecule has 4 heteroatoms. The summed E-state index contributed by atoms with van der Waals surface area (Å²) >= 11 is 0. The van der Waals surface area contributed by atoms with Gasteiger partial charge in [0, 0.05) is 37.3 Å². The van der Waals surface area contributed by atoms with Gasteiger partial charge in [-0.05, 0) is 30.4 Å². The number of nitrogens with two attached hydrogens (primary N) is 1. The third-order valence-electron chi connectivity index (χ3n) is 3.70. The summed E-state index contributed by atoms with van der Waals surface area (Å²) < 4.78 is 2.22. The predicted octanol–water partition coefficient (Wildman–Crippen LogP) is 2.13. The van der Waals surface area contributed by atoms with Gasteiger partial charge in [0.25, 0.3) is 0 Å². The summed E-state index contributed by atoms with van der Waals surface area (Å²) in [5.74, 6) is 0.0229. The molecule has 20 heavy (non-hydrogen) atoms. The summed E-state index contributed by atoms with van der Waals surface area (Å²) in [6.07, 6.45) is 3.82. The van der Waals surface area contributed by atoms with Gasteiger partial charge in [-0.2, -0.15) is 0 Å². The van der Waals surface area contributed by atoms with Crippen molar-refractivity contribution in [1.82, 2.24) is 9.88 Å². The second-order valence-corrected chi connectivity index (χ2v) is 5.05. The Labute approximate surface area is 120 Å². The van der Waals surface area contributed by atoms with E-state index in [1.54, 1.807) is 0 Å². The van der Waals surface area contributed by atoms with Crippen molar-refractivity contribution in [3.63, 3.8) is 0 Å². The molecule has 1 aromatic heterocycles. The van der Waals surface area contributed by atoms with Crippen LogP contribution in [0.25, 0.3) is 10.9 Å². The Hall–Kier alpha value is -1.81. The number of carbonyl (C=O) groups excluding carboxylic acids is 1. The van der Waals surface area contributed by atoms with Gasteiger partial charge in [0.1, 0.15) is 0 Å². The number of aromatic nitrogens is 1. The third-order valence-corrected chi connectivity index (χ3v) is 3.70. The van der Waals surface area contributed by atoms with Gasteiger partial charge in [-0.1, -0.05) is 25.1 Å². The molecule has 2 rings (SSSR count). The molecule has 4 nitrogen and oxygen atoms in total. The van der Waals surface area contributed by atoms with E-state index in [-0.39, 0.29) is 11.8 Å². The monoisotopic (exact) mass is 273 g/mol. The maximum absolute atomic E-state index is 11.8. The van der Waals surface area contributed by atoms with Crippen LogP contribution < -0.4 is 11.1 Å². The molecule has 0 spiro atoms. The Kier molecular flexibility index (Phi) is 5.18. The lowest BCUT2D eigenvalue weighted by Crippen LogP contribution is -2.35. The quantitative estimate of drug-likeness (QED) is 0.759. The maximum Gasteiger partial charge on any atom is 0.224 e. The second-order valence-electron chi connectivity index (χ2n) is 5.05. The lowest BCUT2D eigenvalue weighted by molar-refractivity contribution is -0.124. The van der Waals surface area contributed by atoms with Crippen LogP contribution >= 0.6 is 0 Å². The van der Waals surface area contributed by atoms with E-state index in [4.69, 9.17) is 5.73 Å². The highest BCUT2D eigenvalue weighted by atomic mass is 16.1. The average molecular weight is 273 g/mol.